The van der Waals surface area contributed by atoms with Crippen molar-refractivity contribution in [1.29, 1.82) is 0 Å². The summed E-state index contributed by atoms with van der Waals surface area (Å²) in [5, 5.41) is 3.28. The van der Waals surface area contributed by atoms with Crippen LogP contribution in [0.4, 0.5) is 5.13 Å². The molecule has 104 valence electrons. The molecule has 0 spiro atoms. The van der Waals surface area contributed by atoms with Gasteiger partial charge in [-0.15, -0.1) is 12.4 Å². The highest BCUT2D eigenvalue weighted by Crippen LogP contribution is 2.29. The van der Waals surface area contributed by atoms with Crippen LogP contribution in [0, 0.1) is 0 Å². The van der Waals surface area contributed by atoms with Crippen molar-refractivity contribution in [2.45, 2.75) is 19.4 Å². The van der Waals surface area contributed by atoms with Gasteiger partial charge in [0.15, 0.2) is 5.13 Å². The average molecular weight is 302 g/mol. The Balaban J connectivity index is 0.00000180. The van der Waals surface area contributed by atoms with E-state index in [1.165, 1.54) is 11.3 Å². The van der Waals surface area contributed by atoms with Crippen LogP contribution in [0.3, 0.4) is 0 Å². The first-order valence-electron chi connectivity index (χ1n) is 5.65. The summed E-state index contributed by atoms with van der Waals surface area (Å²) in [6.07, 6.45) is 0.602. The number of anilines is 1. The maximum Gasteiger partial charge on any atom is 0.243 e. The Hall–Kier alpha value is -1.37. The zero-order chi connectivity index (χ0) is 13.1. The molecule has 0 saturated heterocycles. The lowest BCUT2D eigenvalue weighted by atomic mass is 10.2. The predicted molar refractivity (Wildman–Crippen MR) is 80.3 cm³/mol. The second kappa shape index (κ2) is 6.70. The molecule has 7 heteroatoms. The van der Waals surface area contributed by atoms with Crippen molar-refractivity contribution in [2.24, 2.45) is 5.73 Å². The highest BCUT2D eigenvalue weighted by atomic mass is 35.5. The lowest BCUT2D eigenvalue weighted by Crippen LogP contribution is -2.34. The Morgan fingerprint density at radius 3 is 2.95 bits per heavy atom. The van der Waals surface area contributed by atoms with Crippen LogP contribution in [0.15, 0.2) is 18.2 Å². The van der Waals surface area contributed by atoms with Crippen molar-refractivity contribution in [2.75, 3.05) is 12.4 Å². The maximum absolute atomic E-state index is 11.6. The maximum atomic E-state index is 11.6. The third kappa shape index (κ3) is 3.56. The van der Waals surface area contributed by atoms with E-state index in [0.717, 1.165) is 16.0 Å². The van der Waals surface area contributed by atoms with Crippen LogP contribution in [-0.2, 0) is 4.79 Å². The van der Waals surface area contributed by atoms with Gasteiger partial charge in [-0.3, -0.25) is 4.79 Å². The Kier molecular flexibility index (Phi) is 5.53. The number of hydrogen-bond acceptors (Lipinski definition) is 5. The molecule has 0 bridgehead atoms. The summed E-state index contributed by atoms with van der Waals surface area (Å²) in [4.78, 5) is 16.0. The lowest BCUT2D eigenvalue weighted by Gasteiger charge is -2.06. The number of hydrogen-bond donors (Lipinski definition) is 2. The first-order chi connectivity index (χ1) is 8.63. The van der Waals surface area contributed by atoms with Crippen molar-refractivity contribution in [3.63, 3.8) is 0 Å². The minimum Gasteiger partial charge on any atom is -0.497 e. The van der Waals surface area contributed by atoms with Crippen LogP contribution in [0.2, 0.25) is 0 Å². The lowest BCUT2D eigenvalue weighted by molar-refractivity contribution is -0.117. The van der Waals surface area contributed by atoms with Crippen LogP contribution in [0.1, 0.15) is 13.3 Å². The van der Waals surface area contributed by atoms with Crippen LogP contribution >= 0.6 is 23.7 Å². The Morgan fingerprint density at radius 1 is 1.58 bits per heavy atom. The van der Waals surface area contributed by atoms with Gasteiger partial charge in [0.2, 0.25) is 5.91 Å². The number of thiazole rings is 1. The molecule has 19 heavy (non-hydrogen) atoms. The van der Waals surface area contributed by atoms with E-state index in [4.69, 9.17) is 10.5 Å². The summed E-state index contributed by atoms with van der Waals surface area (Å²) in [6, 6.07) is 5.10. The van der Waals surface area contributed by atoms with E-state index in [2.05, 4.69) is 10.3 Å². The molecule has 0 aliphatic carbocycles. The number of benzene rings is 1. The number of fused-ring (bicyclic) bond motifs is 1. The van der Waals surface area contributed by atoms with E-state index in [-0.39, 0.29) is 18.3 Å². The van der Waals surface area contributed by atoms with E-state index in [9.17, 15) is 4.79 Å². The summed E-state index contributed by atoms with van der Waals surface area (Å²) in [5.74, 6) is 0.567. The number of aromatic nitrogens is 1. The summed E-state index contributed by atoms with van der Waals surface area (Å²) >= 11 is 1.40. The smallest absolute Gasteiger partial charge is 0.243 e. The third-order valence-electron chi connectivity index (χ3n) is 2.60. The third-order valence-corrected chi connectivity index (χ3v) is 3.54. The monoisotopic (exact) mass is 301 g/mol. The SMILES string of the molecule is CC[C@H](N)C(=O)Nc1nc2ccc(OC)cc2s1.Cl. The number of rotatable bonds is 4. The first kappa shape index (κ1) is 15.7. The predicted octanol–water partition coefficient (Wildman–Crippen LogP) is 2.40. The van der Waals surface area contributed by atoms with Crippen LogP contribution in [0.25, 0.3) is 10.2 Å². The summed E-state index contributed by atoms with van der Waals surface area (Å²) < 4.78 is 6.11. The molecule has 5 nitrogen and oxygen atoms in total. The van der Waals surface area contributed by atoms with E-state index < -0.39 is 6.04 Å². The second-order valence-corrected chi connectivity index (χ2v) is 4.89. The minimum absolute atomic E-state index is 0. The minimum atomic E-state index is -0.494. The van der Waals surface area contributed by atoms with Crippen LogP contribution in [0.5, 0.6) is 5.75 Å². The van der Waals surface area contributed by atoms with E-state index in [1.807, 2.05) is 25.1 Å². The van der Waals surface area contributed by atoms with Gasteiger partial charge in [-0.05, 0) is 24.6 Å². The summed E-state index contributed by atoms with van der Waals surface area (Å²) in [6.45, 7) is 1.87. The van der Waals surface area contributed by atoms with Crippen molar-refractivity contribution in [3.05, 3.63) is 18.2 Å². The van der Waals surface area contributed by atoms with Gasteiger partial charge in [0.1, 0.15) is 5.75 Å². The van der Waals surface area contributed by atoms with E-state index >= 15 is 0 Å². The molecular weight excluding hydrogens is 286 g/mol. The molecule has 1 atom stereocenters. The van der Waals surface area contributed by atoms with Gasteiger partial charge in [-0.1, -0.05) is 18.3 Å². The fourth-order valence-electron chi connectivity index (χ4n) is 1.47. The molecule has 0 fully saturated rings. The number of ether oxygens (including phenoxy) is 1. The molecule has 0 radical (unpaired) electrons. The molecule has 0 unspecified atom stereocenters. The Morgan fingerprint density at radius 2 is 2.32 bits per heavy atom. The molecule has 2 rings (SSSR count). The van der Waals surface area contributed by atoms with Gasteiger partial charge in [0.05, 0.1) is 23.4 Å². The largest absolute Gasteiger partial charge is 0.497 e. The fourth-order valence-corrected chi connectivity index (χ4v) is 2.37. The van der Waals surface area contributed by atoms with Crippen molar-refractivity contribution < 1.29 is 9.53 Å². The van der Waals surface area contributed by atoms with Gasteiger partial charge < -0.3 is 15.8 Å². The number of carbonyl (C=O) groups is 1. The van der Waals surface area contributed by atoms with Gasteiger partial charge >= 0.3 is 0 Å². The van der Waals surface area contributed by atoms with Crippen LogP contribution < -0.4 is 15.8 Å². The van der Waals surface area contributed by atoms with Crippen molar-refractivity contribution >= 4 is 45.0 Å². The average Bonchev–Trinajstić information content (AvgIpc) is 2.78. The second-order valence-electron chi connectivity index (χ2n) is 3.86. The number of amides is 1. The van der Waals surface area contributed by atoms with Crippen molar-refractivity contribution in [1.82, 2.24) is 4.98 Å². The number of methoxy groups -OCH3 is 1. The summed E-state index contributed by atoms with van der Waals surface area (Å²) in [7, 11) is 1.62. The molecule has 0 aliphatic rings. The van der Waals surface area contributed by atoms with Crippen molar-refractivity contribution in [3.8, 4) is 5.75 Å². The number of nitrogens with zero attached hydrogens (tertiary/aromatic N) is 1. The zero-order valence-electron chi connectivity index (χ0n) is 10.7. The van der Waals surface area contributed by atoms with E-state index in [0.29, 0.717) is 11.6 Å². The molecule has 1 heterocycles. The quantitative estimate of drug-likeness (QED) is 0.909. The highest BCUT2D eigenvalue weighted by Gasteiger charge is 2.13. The number of nitrogens with one attached hydrogen (secondary N) is 1. The summed E-state index contributed by atoms with van der Waals surface area (Å²) in [5.41, 5.74) is 6.48. The Bertz CT molecular complexity index is 573. The fraction of sp³-hybridized carbons (Fsp3) is 0.333. The molecule has 1 aromatic heterocycles. The van der Waals surface area contributed by atoms with E-state index in [1.54, 1.807) is 7.11 Å². The van der Waals surface area contributed by atoms with Gasteiger partial charge in [-0.25, -0.2) is 4.98 Å². The molecular formula is C12H16ClN3O2S. The highest BCUT2D eigenvalue weighted by molar-refractivity contribution is 7.22. The van der Waals surface area contributed by atoms with Gasteiger partial charge in [-0.2, -0.15) is 0 Å². The molecule has 0 aliphatic heterocycles. The molecule has 1 amide bonds. The van der Waals surface area contributed by atoms with Crippen LogP contribution in [-0.4, -0.2) is 24.0 Å². The Labute approximate surface area is 121 Å². The topological polar surface area (TPSA) is 77.2 Å². The number of nitrogens with two attached hydrogens (primary N) is 1. The number of carbonyl (C=O) groups excluding carboxylic acids is 1. The van der Waals surface area contributed by atoms with Gasteiger partial charge in [0, 0.05) is 0 Å². The molecule has 1 aromatic carbocycles. The van der Waals surface area contributed by atoms with Gasteiger partial charge in [0.25, 0.3) is 0 Å². The normalized spacial score (nSPS) is 11.7. The molecule has 0 saturated carbocycles. The zero-order valence-corrected chi connectivity index (χ0v) is 12.3. The molecule has 2 aromatic rings. The first-order valence-corrected chi connectivity index (χ1v) is 6.46. The number of halogens is 1. The standard InChI is InChI=1S/C12H15N3O2S.ClH/c1-3-8(13)11(16)15-12-14-9-5-4-7(17-2)6-10(9)18-12;/h4-6,8H,3,13H2,1-2H3,(H,14,15,16);1H/t8-;/m0./s1. The molecule has 3 N–H and O–H groups in total.